The highest BCUT2D eigenvalue weighted by Gasteiger charge is 2.51. The zero-order valence-corrected chi connectivity index (χ0v) is 10.6. The summed E-state index contributed by atoms with van der Waals surface area (Å²) < 4.78 is 72.1. The molecule has 2 heterocycles. The molecule has 0 saturated heterocycles. The Morgan fingerprint density at radius 2 is 2.05 bits per heavy atom. The summed E-state index contributed by atoms with van der Waals surface area (Å²) in [5.41, 5.74) is -3.79. The fourth-order valence-corrected chi connectivity index (χ4v) is 2.97. The summed E-state index contributed by atoms with van der Waals surface area (Å²) in [6.45, 7) is 0. The van der Waals surface area contributed by atoms with E-state index >= 15 is 0 Å². The maximum absolute atomic E-state index is 13.0. The van der Waals surface area contributed by atoms with Gasteiger partial charge in [0.1, 0.15) is 0 Å². The maximum atomic E-state index is 13.0. The molecule has 10 heteroatoms. The van der Waals surface area contributed by atoms with Crippen LogP contribution >= 0.6 is 11.3 Å². The summed E-state index contributed by atoms with van der Waals surface area (Å²) in [4.78, 5) is 6.06. The first-order valence-corrected chi connectivity index (χ1v) is 7.19. The summed E-state index contributed by atoms with van der Waals surface area (Å²) in [5, 5.41) is 0.651. The summed E-state index contributed by atoms with van der Waals surface area (Å²) in [7, 11) is -5.22. The molecule has 0 aromatic carbocycles. The van der Waals surface area contributed by atoms with Gasteiger partial charge in [0, 0.05) is 0 Å². The van der Waals surface area contributed by atoms with Crippen LogP contribution in [-0.2, 0) is 9.84 Å². The summed E-state index contributed by atoms with van der Waals surface area (Å²) in [5.74, 6) is 0. The Kier molecular flexibility index (Phi) is 3.39. The van der Waals surface area contributed by atoms with E-state index in [2.05, 4.69) is 9.97 Å². The van der Waals surface area contributed by atoms with Crippen LogP contribution in [0.15, 0.2) is 28.9 Å². The Morgan fingerprint density at radius 1 is 1.37 bits per heavy atom. The lowest BCUT2D eigenvalue weighted by Gasteiger charge is -2.10. The molecule has 1 unspecified atom stereocenters. The lowest BCUT2D eigenvalue weighted by atomic mass is 10.4. The molecular formula is C9H6F4N2O2S2. The molecular weight excluding hydrogens is 308 g/mol. The average Bonchev–Trinajstić information content (AvgIpc) is 2.97. The van der Waals surface area contributed by atoms with Gasteiger partial charge in [0.2, 0.25) is 5.16 Å². The van der Waals surface area contributed by atoms with Gasteiger partial charge >= 0.3 is 11.7 Å². The van der Waals surface area contributed by atoms with Crippen molar-refractivity contribution in [3.63, 3.8) is 0 Å². The standard InChI is InChI=1S/C9H6F4N2O2S2/c10-7(9(11,12)13)19(16,17)8-14-4-5(15-8)6-2-1-3-18-6/h1-4,7H,(H,14,15). The first-order chi connectivity index (χ1) is 8.73. The summed E-state index contributed by atoms with van der Waals surface area (Å²) in [6, 6.07) is 3.29. The molecule has 0 spiro atoms. The molecule has 0 aliphatic heterocycles. The van der Waals surface area contributed by atoms with Gasteiger partial charge in [0.05, 0.1) is 16.8 Å². The molecule has 104 valence electrons. The van der Waals surface area contributed by atoms with Crippen LogP contribution in [0.4, 0.5) is 17.6 Å². The molecule has 0 fully saturated rings. The number of nitrogens with one attached hydrogen (secondary N) is 1. The van der Waals surface area contributed by atoms with Crippen molar-refractivity contribution in [1.82, 2.24) is 9.97 Å². The van der Waals surface area contributed by atoms with Crippen molar-refractivity contribution in [1.29, 1.82) is 0 Å². The number of aromatic nitrogens is 2. The molecule has 4 nitrogen and oxygen atoms in total. The molecule has 0 amide bonds. The largest absolute Gasteiger partial charge is 0.434 e. The second kappa shape index (κ2) is 4.60. The predicted molar refractivity (Wildman–Crippen MR) is 60.0 cm³/mol. The molecule has 1 atom stereocenters. The third-order valence-electron chi connectivity index (χ3n) is 2.14. The second-order valence-corrected chi connectivity index (χ2v) is 6.32. The van der Waals surface area contributed by atoms with Crippen molar-refractivity contribution < 1.29 is 26.0 Å². The average molecular weight is 314 g/mol. The topological polar surface area (TPSA) is 62.8 Å². The van der Waals surface area contributed by atoms with Crippen LogP contribution in [0.1, 0.15) is 0 Å². The summed E-state index contributed by atoms with van der Waals surface area (Å²) >= 11 is 1.23. The SMILES string of the molecule is O=S(=O)(c1ncc(-c2cccs2)[nH]1)C(F)C(F)(F)F. The van der Waals surface area contributed by atoms with E-state index in [1.165, 1.54) is 11.3 Å². The molecule has 1 N–H and O–H groups in total. The van der Waals surface area contributed by atoms with Crippen LogP contribution in [0.2, 0.25) is 0 Å². The minimum Gasteiger partial charge on any atom is -0.328 e. The number of imidazole rings is 1. The Labute approximate surface area is 109 Å². The number of hydrogen-bond donors (Lipinski definition) is 1. The van der Waals surface area contributed by atoms with Gasteiger partial charge in [-0.05, 0) is 11.4 Å². The van der Waals surface area contributed by atoms with E-state index in [4.69, 9.17) is 0 Å². The molecule has 2 aromatic heterocycles. The van der Waals surface area contributed by atoms with E-state index in [9.17, 15) is 26.0 Å². The van der Waals surface area contributed by atoms with Crippen molar-refractivity contribution >= 4 is 21.2 Å². The highest BCUT2D eigenvalue weighted by molar-refractivity contribution is 7.91. The zero-order valence-electron chi connectivity index (χ0n) is 8.98. The highest BCUT2D eigenvalue weighted by atomic mass is 32.2. The Balaban J connectivity index is 2.38. The third kappa shape index (κ3) is 2.63. The van der Waals surface area contributed by atoms with E-state index in [1.807, 2.05) is 0 Å². The first kappa shape index (κ1) is 14.0. The Hall–Kier alpha value is -1.42. The van der Waals surface area contributed by atoms with Crippen molar-refractivity contribution in [3.8, 4) is 10.6 Å². The monoisotopic (exact) mass is 314 g/mol. The van der Waals surface area contributed by atoms with Gasteiger partial charge in [-0.2, -0.15) is 13.2 Å². The molecule has 0 saturated carbocycles. The van der Waals surface area contributed by atoms with E-state index < -0.39 is 26.7 Å². The maximum Gasteiger partial charge on any atom is 0.434 e. The fourth-order valence-electron chi connectivity index (χ4n) is 1.28. The Morgan fingerprint density at radius 3 is 2.58 bits per heavy atom. The number of aromatic amines is 1. The van der Waals surface area contributed by atoms with Gasteiger partial charge < -0.3 is 4.98 Å². The normalized spacial score (nSPS) is 14.5. The number of nitrogens with zero attached hydrogens (tertiary/aromatic N) is 1. The van der Waals surface area contributed by atoms with Crippen LogP contribution in [-0.4, -0.2) is 30.1 Å². The number of sulfone groups is 1. The van der Waals surface area contributed by atoms with Crippen LogP contribution in [0.25, 0.3) is 10.6 Å². The molecule has 0 aliphatic rings. The van der Waals surface area contributed by atoms with Gasteiger partial charge in [0.25, 0.3) is 9.84 Å². The van der Waals surface area contributed by atoms with E-state index in [-0.39, 0.29) is 5.69 Å². The van der Waals surface area contributed by atoms with E-state index in [1.54, 1.807) is 17.5 Å². The van der Waals surface area contributed by atoms with Gasteiger partial charge in [-0.15, -0.1) is 11.3 Å². The van der Waals surface area contributed by atoms with Gasteiger partial charge in [-0.1, -0.05) is 6.07 Å². The van der Waals surface area contributed by atoms with Crippen molar-refractivity contribution in [2.75, 3.05) is 0 Å². The highest BCUT2D eigenvalue weighted by Crippen LogP contribution is 2.31. The smallest absolute Gasteiger partial charge is 0.328 e. The minimum atomic E-state index is -5.49. The number of thiophene rings is 1. The molecule has 0 aliphatic carbocycles. The van der Waals surface area contributed by atoms with Crippen molar-refractivity contribution in [2.24, 2.45) is 0 Å². The fraction of sp³-hybridized carbons (Fsp3) is 0.222. The summed E-state index contributed by atoms with van der Waals surface area (Å²) in [6.07, 6.45) is -4.45. The predicted octanol–water partition coefficient (Wildman–Crippen LogP) is 2.77. The van der Waals surface area contributed by atoms with Gasteiger partial charge in [0.15, 0.2) is 0 Å². The molecule has 0 bridgehead atoms. The number of H-pyrrole nitrogens is 1. The van der Waals surface area contributed by atoms with Crippen LogP contribution in [0.5, 0.6) is 0 Å². The second-order valence-electron chi connectivity index (χ2n) is 3.48. The number of hydrogen-bond acceptors (Lipinski definition) is 4. The zero-order chi connectivity index (χ0) is 14.3. The molecule has 2 aromatic rings. The number of rotatable bonds is 3. The molecule has 19 heavy (non-hydrogen) atoms. The molecule has 2 rings (SSSR count). The van der Waals surface area contributed by atoms with Crippen molar-refractivity contribution in [3.05, 3.63) is 23.7 Å². The molecule has 0 radical (unpaired) electrons. The quantitative estimate of drug-likeness (QED) is 0.886. The van der Waals surface area contributed by atoms with E-state index in [0.717, 1.165) is 6.20 Å². The first-order valence-electron chi connectivity index (χ1n) is 4.76. The van der Waals surface area contributed by atoms with Crippen molar-refractivity contribution in [2.45, 2.75) is 16.8 Å². The van der Waals surface area contributed by atoms with E-state index in [0.29, 0.717) is 4.88 Å². The third-order valence-corrected chi connectivity index (χ3v) is 4.60. The van der Waals surface area contributed by atoms with Crippen LogP contribution < -0.4 is 0 Å². The Bertz CT molecular complexity index is 661. The van der Waals surface area contributed by atoms with Crippen LogP contribution in [0, 0.1) is 0 Å². The van der Waals surface area contributed by atoms with Gasteiger partial charge in [-0.25, -0.2) is 17.8 Å². The number of halogens is 4. The van der Waals surface area contributed by atoms with Crippen LogP contribution in [0.3, 0.4) is 0 Å². The van der Waals surface area contributed by atoms with Gasteiger partial charge in [-0.3, -0.25) is 0 Å². The minimum absolute atomic E-state index is 0.211. The number of alkyl halides is 4. The lowest BCUT2D eigenvalue weighted by Crippen LogP contribution is -2.33. The lowest BCUT2D eigenvalue weighted by molar-refractivity contribution is -0.156.